The number of ether oxygens (including phenoxy) is 1. The number of aliphatic hydroxyl groups is 1. The molecule has 1 rings (SSSR count). The van der Waals surface area contributed by atoms with Crippen LogP contribution < -0.4 is 0 Å². The molecule has 1 heterocycles. The fourth-order valence-corrected chi connectivity index (χ4v) is 3.23. The molecule has 5 nitrogen and oxygen atoms in total. The van der Waals surface area contributed by atoms with Gasteiger partial charge in [0.05, 0.1) is 12.7 Å². The third-order valence-corrected chi connectivity index (χ3v) is 8.72. The van der Waals surface area contributed by atoms with Crippen molar-refractivity contribution in [2.24, 2.45) is 0 Å². The lowest BCUT2D eigenvalue weighted by Crippen LogP contribution is -2.59. The number of β-amino-alcohol motifs (C(OH)–C–C–N with tert-alkyl or cyclic N) is 1. The lowest BCUT2D eigenvalue weighted by atomic mass is 10.1. The highest BCUT2D eigenvalue weighted by atomic mass is 28.4. The van der Waals surface area contributed by atoms with Gasteiger partial charge in [0.15, 0.2) is 14.4 Å². The highest BCUT2D eigenvalue weighted by molar-refractivity contribution is 6.74. The Balaban J connectivity index is 2.32. The van der Waals surface area contributed by atoms with E-state index in [-0.39, 0.29) is 11.1 Å². The molecule has 118 valence electrons. The van der Waals surface area contributed by atoms with Gasteiger partial charge in [-0.3, -0.25) is 4.90 Å². The Hall–Kier alpha value is -0.433. The third-order valence-electron chi connectivity index (χ3n) is 4.18. The summed E-state index contributed by atoms with van der Waals surface area (Å²) in [5, 5.41) is 9.89. The highest BCUT2D eigenvalue weighted by Gasteiger charge is 2.42. The second-order valence-electron chi connectivity index (χ2n) is 6.99. The van der Waals surface area contributed by atoms with Crippen LogP contribution in [-0.4, -0.2) is 62.7 Å². The van der Waals surface area contributed by atoms with E-state index in [0.29, 0.717) is 13.2 Å². The smallest absolute Gasteiger partial charge is 0.336 e. The largest absolute Gasteiger partial charge is 0.464 e. The van der Waals surface area contributed by atoms with E-state index in [1.54, 1.807) is 6.92 Å². The number of aliphatic hydroxyl groups excluding tert-OH is 1. The van der Waals surface area contributed by atoms with Crippen LogP contribution in [-0.2, 0) is 14.0 Å². The summed E-state index contributed by atoms with van der Waals surface area (Å²) in [6.45, 7) is 15.1. The normalized spacial score (nSPS) is 19.6. The van der Waals surface area contributed by atoms with E-state index in [4.69, 9.17) is 9.16 Å². The second kappa shape index (κ2) is 6.55. The number of hydrogen-bond acceptors (Lipinski definition) is 5. The van der Waals surface area contributed by atoms with Crippen molar-refractivity contribution in [3.8, 4) is 0 Å². The topological polar surface area (TPSA) is 59.0 Å². The van der Waals surface area contributed by atoms with E-state index in [1.807, 2.05) is 4.90 Å². The van der Waals surface area contributed by atoms with Crippen LogP contribution in [0, 0.1) is 0 Å². The van der Waals surface area contributed by atoms with Crippen molar-refractivity contribution in [1.82, 2.24) is 4.90 Å². The molecule has 1 saturated heterocycles. The summed E-state index contributed by atoms with van der Waals surface area (Å²) in [4.78, 5) is 13.4. The monoisotopic (exact) mass is 303 g/mol. The molecule has 0 amide bonds. The van der Waals surface area contributed by atoms with Gasteiger partial charge in [-0.2, -0.15) is 0 Å². The molecule has 6 heteroatoms. The van der Waals surface area contributed by atoms with Crippen LogP contribution in [0.1, 0.15) is 27.7 Å². The van der Waals surface area contributed by atoms with Crippen molar-refractivity contribution in [3.63, 3.8) is 0 Å². The molecule has 1 atom stereocenters. The van der Waals surface area contributed by atoms with Gasteiger partial charge in [-0.25, -0.2) is 4.79 Å². The number of hydrogen-bond donors (Lipinski definition) is 1. The van der Waals surface area contributed by atoms with Gasteiger partial charge in [-0.15, -0.1) is 0 Å². The fraction of sp³-hybridized carbons (Fsp3) is 0.929. The van der Waals surface area contributed by atoms with Crippen molar-refractivity contribution in [2.75, 3.05) is 26.2 Å². The molecule has 0 aromatic carbocycles. The average Bonchev–Trinajstić information content (AvgIpc) is 2.24. The third kappa shape index (κ3) is 4.55. The SMILES string of the molecule is CCOC(=O)C(O)CN1CC(O[Si](C)(C)C(C)(C)C)C1. The molecule has 0 radical (unpaired) electrons. The van der Waals surface area contributed by atoms with E-state index < -0.39 is 20.4 Å². The first-order valence-electron chi connectivity index (χ1n) is 7.31. The van der Waals surface area contributed by atoms with Crippen LogP contribution in [0.4, 0.5) is 0 Å². The standard InChI is InChI=1S/C14H29NO4Si/c1-7-18-13(17)12(16)10-15-8-11(9-15)19-20(5,6)14(2,3)4/h11-12,16H,7-10H2,1-6H3. The van der Waals surface area contributed by atoms with Crippen molar-refractivity contribution in [3.05, 3.63) is 0 Å². The average molecular weight is 303 g/mol. The summed E-state index contributed by atoms with van der Waals surface area (Å²) in [7, 11) is -1.72. The van der Waals surface area contributed by atoms with E-state index in [9.17, 15) is 9.90 Å². The van der Waals surface area contributed by atoms with Gasteiger partial charge >= 0.3 is 5.97 Å². The van der Waals surface area contributed by atoms with Crippen LogP contribution in [0.15, 0.2) is 0 Å². The molecule has 0 bridgehead atoms. The first-order chi connectivity index (χ1) is 9.06. The van der Waals surface area contributed by atoms with Crippen LogP contribution in [0.5, 0.6) is 0 Å². The van der Waals surface area contributed by atoms with Crippen molar-refractivity contribution < 1.29 is 19.1 Å². The Morgan fingerprint density at radius 3 is 2.40 bits per heavy atom. The predicted octanol–water partition coefficient (Wildman–Crippen LogP) is 1.62. The highest BCUT2D eigenvalue weighted by Crippen LogP contribution is 2.38. The van der Waals surface area contributed by atoms with Gasteiger partial charge in [0, 0.05) is 19.6 Å². The van der Waals surface area contributed by atoms with Gasteiger partial charge in [-0.1, -0.05) is 20.8 Å². The Labute approximate surface area is 123 Å². The number of likely N-dealkylation sites (tertiary alicyclic amines) is 1. The molecule has 0 spiro atoms. The molecule has 1 unspecified atom stereocenters. The van der Waals surface area contributed by atoms with E-state index >= 15 is 0 Å². The summed E-state index contributed by atoms with van der Waals surface area (Å²) < 4.78 is 11.0. The first kappa shape index (κ1) is 17.6. The summed E-state index contributed by atoms with van der Waals surface area (Å²) in [6, 6.07) is 0. The van der Waals surface area contributed by atoms with Crippen molar-refractivity contribution >= 4 is 14.3 Å². The Kier molecular flexibility index (Phi) is 5.77. The zero-order valence-corrected chi connectivity index (χ0v) is 14.6. The molecule has 1 fully saturated rings. The molecule has 20 heavy (non-hydrogen) atoms. The van der Waals surface area contributed by atoms with Crippen molar-refractivity contribution in [2.45, 2.75) is 58.0 Å². The van der Waals surface area contributed by atoms with Gasteiger partial charge in [-0.05, 0) is 25.1 Å². The summed E-state index contributed by atoms with van der Waals surface area (Å²) >= 11 is 0. The second-order valence-corrected chi connectivity index (χ2v) is 11.7. The Morgan fingerprint density at radius 1 is 1.40 bits per heavy atom. The van der Waals surface area contributed by atoms with Crippen LogP contribution in [0.25, 0.3) is 0 Å². The summed E-state index contributed by atoms with van der Waals surface area (Å²) in [5.74, 6) is -0.540. The molecular weight excluding hydrogens is 274 g/mol. The lowest BCUT2D eigenvalue weighted by Gasteiger charge is -2.46. The minimum Gasteiger partial charge on any atom is -0.464 e. The van der Waals surface area contributed by atoms with Gasteiger partial charge in [0.1, 0.15) is 0 Å². The zero-order chi connectivity index (χ0) is 15.6. The maximum atomic E-state index is 11.3. The molecule has 1 aliphatic heterocycles. The van der Waals surface area contributed by atoms with Gasteiger partial charge < -0.3 is 14.3 Å². The number of rotatable bonds is 6. The van der Waals surface area contributed by atoms with E-state index in [1.165, 1.54) is 0 Å². The van der Waals surface area contributed by atoms with Crippen LogP contribution in [0.2, 0.25) is 18.1 Å². The minimum absolute atomic E-state index is 0.206. The first-order valence-corrected chi connectivity index (χ1v) is 10.2. The lowest BCUT2D eigenvalue weighted by molar-refractivity contribution is -0.155. The van der Waals surface area contributed by atoms with Crippen LogP contribution >= 0.6 is 0 Å². The number of nitrogens with zero attached hydrogens (tertiary/aromatic N) is 1. The minimum atomic E-state index is -1.72. The molecular formula is C14H29NO4Si. The predicted molar refractivity (Wildman–Crippen MR) is 81.1 cm³/mol. The Morgan fingerprint density at radius 2 is 1.95 bits per heavy atom. The molecule has 1 N–H and O–H groups in total. The van der Waals surface area contributed by atoms with Gasteiger partial charge in [0.2, 0.25) is 0 Å². The van der Waals surface area contributed by atoms with Crippen LogP contribution in [0.3, 0.4) is 0 Å². The van der Waals surface area contributed by atoms with Gasteiger partial charge in [0.25, 0.3) is 0 Å². The Bertz CT molecular complexity index is 335. The zero-order valence-electron chi connectivity index (χ0n) is 13.6. The summed E-state index contributed by atoms with van der Waals surface area (Å²) in [6.07, 6.45) is -0.825. The quantitative estimate of drug-likeness (QED) is 0.597. The molecule has 1 aliphatic rings. The number of esters is 1. The molecule has 0 saturated carbocycles. The number of carbonyl (C=O) groups is 1. The molecule has 0 aromatic heterocycles. The maximum Gasteiger partial charge on any atom is 0.336 e. The van der Waals surface area contributed by atoms with Crippen molar-refractivity contribution in [1.29, 1.82) is 0 Å². The fourth-order valence-electron chi connectivity index (χ4n) is 1.90. The van der Waals surface area contributed by atoms with E-state index in [0.717, 1.165) is 13.1 Å². The maximum absolute atomic E-state index is 11.3. The van der Waals surface area contributed by atoms with E-state index in [2.05, 4.69) is 33.9 Å². The number of carbonyl (C=O) groups excluding carboxylic acids is 1. The molecule has 0 aliphatic carbocycles. The summed E-state index contributed by atoms with van der Waals surface area (Å²) in [5.41, 5.74) is 0. The molecule has 0 aromatic rings.